The third-order valence-electron chi connectivity index (χ3n) is 1.50. The molecule has 0 spiro atoms. The lowest BCUT2D eigenvalue weighted by atomic mass is 10.8. The molecule has 0 amide bonds. The molecule has 0 atom stereocenters. The molecule has 0 saturated heterocycles. The van der Waals surface area contributed by atoms with E-state index < -0.39 is 0 Å². The molecular formula is C7H9N3O. The van der Waals surface area contributed by atoms with Crippen LogP contribution in [0.3, 0.4) is 0 Å². The zero-order valence-corrected chi connectivity index (χ0v) is 6.27. The third kappa shape index (κ3) is 0.869. The van der Waals surface area contributed by atoms with E-state index in [0.717, 1.165) is 5.65 Å². The summed E-state index contributed by atoms with van der Waals surface area (Å²) in [6, 6.07) is 0. The van der Waals surface area contributed by atoms with Crippen molar-refractivity contribution in [1.29, 1.82) is 0 Å². The molecule has 0 unspecified atom stereocenters. The van der Waals surface area contributed by atoms with Crippen LogP contribution in [0.15, 0.2) is 24.9 Å². The van der Waals surface area contributed by atoms with Crippen LogP contribution in [0.2, 0.25) is 0 Å². The Morgan fingerprint density at radius 1 is 1.55 bits per heavy atom. The summed E-state index contributed by atoms with van der Waals surface area (Å²) in [5, 5.41) is 0. The molecule has 0 saturated carbocycles. The number of rotatable bonds is 2. The van der Waals surface area contributed by atoms with Crippen molar-refractivity contribution in [1.82, 2.24) is 14.1 Å². The average molecular weight is 151 g/mol. The van der Waals surface area contributed by atoms with Gasteiger partial charge in [-0.2, -0.15) is 4.73 Å². The molecule has 2 rings (SSSR count). The Morgan fingerprint density at radius 3 is 3.27 bits per heavy atom. The molecule has 0 aromatic carbocycles. The number of fused-ring (bicyclic) bond motifs is 1. The van der Waals surface area contributed by atoms with Gasteiger partial charge in [-0.05, 0) is 6.92 Å². The highest BCUT2D eigenvalue weighted by molar-refractivity contribution is 5.35. The number of aromatic nitrogens is 3. The molecule has 0 N–H and O–H groups in total. The van der Waals surface area contributed by atoms with Gasteiger partial charge in [0.1, 0.15) is 12.9 Å². The van der Waals surface area contributed by atoms with Crippen LogP contribution >= 0.6 is 0 Å². The predicted octanol–water partition coefficient (Wildman–Crippen LogP) is 0.584. The molecule has 0 fully saturated rings. The van der Waals surface area contributed by atoms with E-state index in [2.05, 4.69) is 4.98 Å². The maximum Gasteiger partial charge on any atom is 0.172 e. The molecule has 0 radical (unpaired) electrons. The molecule has 58 valence electrons. The molecule has 0 bridgehead atoms. The first-order chi connectivity index (χ1) is 5.42. The second kappa shape index (κ2) is 2.30. The fraction of sp³-hybridized carbons (Fsp3) is 0.286. The minimum atomic E-state index is 0.662. The largest absolute Gasteiger partial charge is 0.413 e. The van der Waals surface area contributed by atoms with E-state index >= 15 is 0 Å². The lowest BCUT2D eigenvalue weighted by Crippen LogP contribution is -2.08. The van der Waals surface area contributed by atoms with Crippen molar-refractivity contribution in [2.45, 2.75) is 6.92 Å². The summed E-state index contributed by atoms with van der Waals surface area (Å²) in [7, 11) is 0. The zero-order valence-electron chi connectivity index (χ0n) is 6.27. The number of nitrogens with zero attached hydrogens (tertiary/aromatic N) is 3. The maximum atomic E-state index is 5.27. The number of imidazole rings is 2. The molecule has 0 aliphatic carbocycles. The van der Waals surface area contributed by atoms with Crippen LogP contribution in [-0.2, 0) is 0 Å². The Morgan fingerprint density at radius 2 is 2.45 bits per heavy atom. The van der Waals surface area contributed by atoms with Gasteiger partial charge in [-0.15, -0.1) is 0 Å². The Labute approximate surface area is 64.0 Å². The van der Waals surface area contributed by atoms with Gasteiger partial charge < -0.3 is 4.84 Å². The summed E-state index contributed by atoms with van der Waals surface area (Å²) < 4.78 is 3.60. The summed E-state index contributed by atoms with van der Waals surface area (Å²) >= 11 is 0. The highest BCUT2D eigenvalue weighted by Crippen LogP contribution is 2.00. The average Bonchev–Trinajstić information content (AvgIpc) is 2.53. The van der Waals surface area contributed by atoms with Gasteiger partial charge in [-0.25, -0.2) is 4.98 Å². The van der Waals surface area contributed by atoms with Crippen LogP contribution in [0.4, 0.5) is 0 Å². The van der Waals surface area contributed by atoms with E-state index in [1.807, 2.05) is 23.7 Å². The summed E-state index contributed by atoms with van der Waals surface area (Å²) in [5.41, 5.74) is 0.951. The van der Waals surface area contributed by atoms with Gasteiger partial charge in [0.15, 0.2) is 5.65 Å². The number of hydrogen-bond acceptors (Lipinski definition) is 2. The Balaban J connectivity index is 2.51. The SMILES string of the molecule is CCOn1ccn2cncc12. The van der Waals surface area contributed by atoms with E-state index in [0.29, 0.717) is 6.61 Å². The Bertz CT molecular complexity index is 349. The summed E-state index contributed by atoms with van der Waals surface area (Å²) in [6.45, 7) is 2.61. The van der Waals surface area contributed by atoms with Crippen LogP contribution < -0.4 is 4.84 Å². The van der Waals surface area contributed by atoms with Gasteiger partial charge in [-0.3, -0.25) is 4.40 Å². The van der Waals surface area contributed by atoms with Crippen molar-refractivity contribution in [3.05, 3.63) is 24.9 Å². The molecule has 0 aliphatic heterocycles. The van der Waals surface area contributed by atoms with Gasteiger partial charge in [0, 0.05) is 6.20 Å². The van der Waals surface area contributed by atoms with Crippen LogP contribution in [0.1, 0.15) is 6.92 Å². The summed E-state index contributed by atoms with van der Waals surface area (Å²) in [6.07, 6.45) is 7.26. The minimum absolute atomic E-state index is 0.662. The van der Waals surface area contributed by atoms with Crippen molar-refractivity contribution in [3.63, 3.8) is 0 Å². The van der Waals surface area contributed by atoms with Crippen molar-refractivity contribution < 1.29 is 4.84 Å². The van der Waals surface area contributed by atoms with Crippen molar-refractivity contribution >= 4 is 5.65 Å². The molecule has 2 heterocycles. The van der Waals surface area contributed by atoms with Crippen molar-refractivity contribution in [2.75, 3.05) is 6.61 Å². The maximum absolute atomic E-state index is 5.27. The molecule has 2 aromatic heterocycles. The van der Waals surface area contributed by atoms with E-state index in [4.69, 9.17) is 4.84 Å². The molecule has 0 aliphatic rings. The van der Waals surface area contributed by atoms with Gasteiger partial charge >= 0.3 is 0 Å². The second-order valence-electron chi connectivity index (χ2n) is 2.20. The lowest BCUT2D eigenvalue weighted by Gasteiger charge is -2.01. The smallest absolute Gasteiger partial charge is 0.172 e. The lowest BCUT2D eigenvalue weighted by molar-refractivity contribution is 0.131. The fourth-order valence-electron chi connectivity index (χ4n) is 1.04. The first kappa shape index (κ1) is 6.27. The highest BCUT2D eigenvalue weighted by Gasteiger charge is 1.98. The van der Waals surface area contributed by atoms with Crippen LogP contribution in [0, 0.1) is 0 Å². The monoisotopic (exact) mass is 151 g/mol. The minimum Gasteiger partial charge on any atom is -0.413 e. The first-order valence-electron chi connectivity index (χ1n) is 3.54. The van der Waals surface area contributed by atoms with Crippen molar-refractivity contribution in [3.8, 4) is 0 Å². The fourth-order valence-corrected chi connectivity index (χ4v) is 1.04. The van der Waals surface area contributed by atoms with E-state index in [1.54, 1.807) is 17.3 Å². The van der Waals surface area contributed by atoms with Gasteiger partial charge in [0.25, 0.3) is 0 Å². The van der Waals surface area contributed by atoms with Gasteiger partial charge in [-0.1, -0.05) is 0 Å². The molecule has 2 aromatic rings. The highest BCUT2D eigenvalue weighted by atomic mass is 16.7. The first-order valence-corrected chi connectivity index (χ1v) is 3.54. The van der Waals surface area contributed by atoms with Gasteiger partial charge in [0.2, 0.25) is 0 Å². The van der Waals surface area contributed by atoms with E-state index in [-0.39, 0.29) is 0 Å². The van der Waals surface area contributed by atoms with E-state index in [9.17, 15) is 0 Å². The molecule has 11 heavy (non-hydrogen) atoms. The van der Waals surface area contributed by atoms with Gasteiger partial charge in [0.05, 0.1) is 12.4 Å². The quantitative estimate of drug-likeness (QED) is 0.628. The Kier molecular flexibility index (Phi) is 1.31. The third-order valence-corrected chi connectivity index (χ3v) is 1.50. The molecular weight excluding hydrogens is 142 g/mol. The zero-order chi connectivity index (χ0) is 7.68. The predicted molar refractivity (Wildman–Crippen MR) is 40.3 cm³/mol. The standard InChI is InChI=1S/C7H9N3O/c1-2-11-10-4-3-9-6-8-5-7(9)10/h3-6H,2H2,1H3. The molecule has 4 nitrogen and oxygen atoms in total. The Hall–Kier alpha value is -1.45. The summed E-state index contributed by atoms with van der Waals surface area (Å²) in [4.78, 5) is 9.24. The van der Waals surface area contributed by atoms with Crippen LogP contribution in [0.25, 0.3) is 5.65 Å². The number of hydrogen-bond donors (Lipinski definition) is 0. The van der Waals surface area contributed by atoms with Crippen LogP contribution in [-0.4, -0.2) is 20.7 Å². The normalized spacial score (nSPS) is 10.6. The second-order valence-corrected chi connectivity index (χ2v) is 2.20. The summed E-state index contributed by atoms with van der Waals surface area (Å²) in [5.74, 6) is 0. The van der Waals surface area contributed by atoms with Crippen LogP contribution in [0.5, 0.6) is 0 Å². The molecule has 4 heteroatoms. The van der Waals surface area contributed by atoms with Crippen molar-refractivity contribution in [2.24, 2.45) is 0 Å². The topological polar surface area (TPSA) is 31.5 Å². The van der Waals surface area contributed by atoms with E-state index in [1.165, 1.54) is 0 Å².